The molecule has 3 rings (SSSR count). The third-order valence-electron chi connectivity index (χ3n) is 2.93. The van der Waals surface area contributed by atoms with E-state index in [-0.39, 0.29) is 10.6 Å². The Hall–Kier alpha value is -1.14. The highest BCUT2D eigenvalue weighted by Crippen LogP contribution is 2.36. The molecule has 3 aromatic rings. The van der Waals surface area contributed by atoms with Crippen LogP contribution in [0.25, 0.3) is 21.5 Å². The molecule has 0 fully saturated rings. The van der Waals surface area contributed by atoms with Crippen LogP contribution in [-0.4, -0.2) is 16.1 Å². The molecule has 0 spiro atoms. The van der Waals surface area contributed by atoms with E-state index in [4.69, 9.17) is 23.2 Å². The highest BCUT2D eigenvalue weighted by molar-refractivity contribution is 9.11. The first-order chi connectivity index (χ1) is 9.97. The van der Waals surface area contributed by atoms with E-state index in [1.807, 2.05) is 12.1 Å². The van der Waals surface area contributed by atoms with E-state index in [0.717, 1.165) is 8.66 Å². The number of carbonyl (C=O) groups is 1. The summed E-state index contributed by atoms with van der Waals surface area (Å²) in [5.74, 6) is -1.03. The quantitative estimate of drug-likeness (QED) is 0.595. The summed E-state index contributed by atoms with van der Waals surface area (Å²) in [6.07, 6.45) is 0. The Morgan fingerprint density at radius 3 is 2.62 bits per heavy atom. The summed E-state index contributed by atoms with van der Waals surface area (Å²) in [7, 11) is 0. The molecule has 0 aliphatic rings. The largest absolute Gasteiger partial charge is 0.478 e. The van der Waals surface area contributed by atoms with Crippen LogP contribution < -0.4 is 0 Å². The number of aromatic carboxylic acids is 1. The van der Waals surface area contributed by atoms with Crippen LogP contribution in [0.2, 0.25) is 10.0 Å². The topological polar surface area (TPSA) is 50.2 Å². The van der Waals surface area contributed by atoms with Crippen molar-refractivity contribution >= 4 is 67.3 Å². The van der Waals surface area contributed by atoms with E-state index < -0.39 is 5.97 Å². The lowest BCUT2D eigenvalue weighted by atomic mass is 10.1. The molecule has 2 aromatic heterocycles. The van der Waals surface area contributed by atoms with E-state index in [1.165, 1.54) is 11.3 Å². The number of hydrogen-bond donors (Lipinski definition) is 1. The standard InChI is InChI=1S/C14H6BrCl2NO2S/c15-11-4-3-10(21-11)9-5-7(14(19)20)6-1-2-8(16)12(17)13(6)18-9/h1-5H,(H,19,20). The highest BCUT2D eigenvalue weighted by Gasteiger charge is 2.17. The number of hydrogen-bond acceptors (Lipinski definition) is 3. The maximum Gasteiger partial charge on any atom is 0.336 e. The third kappa shape index (κ3) is 2.66. The lowest BCUT2D eigenvalue weighted by molar-refractivity contribution is 0.0699. The summed E-state index contributed by atoms with van der Waals surface area (Å²) in [5.41, 5.74) is 1.10. The van der Waals surface area contributed by atoms with Crippen LogP contribution in [0.4, 0.5) is 0 Å². The SMILES string of the molecule is O=C(O)c1cc(-c2ccc(Br)s2)nc2c(Cl)c(Cl)ccc12. The van der Waals surface area contributed by atoms with Gasteiger partial charge in [-0.2, -0.15) is 0 Å². The Morgan fingerprint density at radius 1 is 1.24 bits per heavy atom. The van der Waals surface area contributed by atoms with Gasteiger partial charge < -0.3 is 5.11 Å². The van der Waals surface area contributed by atoms with Gasteiger partial charge in [-0.25, -0.2) is 9.78 Å². The minimum atomic E-state index is -1.03. The number of fused-ring (bicyclic) bond motifs is 1. The number of thiophene rings is 1. The van der Waals surface area contributed by atoms with Crippen molar-refractivity contribution < 1.29 is 9.90 Å². The molecule has 21 heavy (non-hydrogen) atoms. The zero-order valence-corrected chi connectivity index (χ0v) is 14.1. The lowest BCUT2D eigenvalue weighted by Crippen LogP contribution is -2.00. The molecular weight excluding hydrogens is 397 g/mol. The monoisotopic (exact) mass is 401 g/mol. The summed E-state index contributed by atoms with van der Waals surface area (Å²) in [5, 5.41) is 10.5. The smallest absolute Gasteiger partial charge is 0.336 e. The van der Waals surface area contributed by atoms with Gasteiger partial charge >= 0.3 is 5.97 Å². The van der Waals surface area contributed by atoms with Gasteiger partial charge in [0, 0.05) is 5.39 Å². The van der Waals surface area contributed by atoms with Crippen LogP contribution in [0.5, 0.6) is 0 Å². The van der Waals surface area contributed by atoms with Crippen molar-refractivity contribution in [2.45, 2.75) is 0 Å². The first kappa shape index (κ1) is 14.8. The molecule has 0 bridgehead atoms. The first-order valence-electron chi connectivity index (χ1n) is 5.75. The molecule has 0 radical (unpaired) electrons. The van der Waals surface area contributed by atoms with E-state index in [0.29, 0.717) is 21.6 Å². The summed E-state index contributed by atoms with van der Waals surface area (Å²) in [6, 6.07) is 8.49. The number of benzene rings is 1. The fourth-order valence-electron chi connectivity index (χ4n) is 1.99. The Kier molecular flexibility index (Phi) is 3.92. The summed E-state index contributed by atoms with van der Waals surface area (Å²) in [6.45, 7) is 0. The minimum Gasteiger partial charge on any atom is -0.478 e. The minimum absolute atomic E-state index is 0.151. The maximum absolute atomic E-state index is 11.5. The fourth-order valence-corrected chi connectivity index (χ4v) is 3.70. The molecule has 0 aliphatic heterocycles. The van der Waals surface area contributed by atoms with Crippen LogP contribution in [0.15, 0.2) is 34.1 Å². The number of halogens is 3. The average Bonchev–Trinajstić information content (AvgIpc) is 2.88. The second-order valence-electron chi connectivity index (χ2n) is 4.22. The summed E-state index contributed by atoms with van der Waals surface area (Å²) >= 11 is 17.0. The number of pyridine rings is 1. The molecule has 0 aliphatic carbocycles. The van der Waals surface area contributed by atoms with Crippen molar-refractivity contribution in [3.05, 3.63) is 49.7 Å². The van der Waals surface area contributed by atoms with Crippen molar-refractivity contribution in [1.29, 1.82) is 0 Å². The molecule has 106 valence electrons. The number of carboxylic acids is 1. The van der Waals surface area contributed by atoms with Crippen molar-refractivity contribution in [3.63, 3.8) is 0 Å². The van der Waals surface area contributed by atoms with E-state index in [9.17, 15) is 9.90 Å². The Balaban J connectivity index is 2.38. The molecule has 0 saturated heterocycles. The molecule has 2 heterocycles. The molecule has 3 nitrogen and oxygen atoms in total. The van der Waals surface area contributed by atoms with E-state index in [1.54, 1.807) is 18.2 Å². The lowest BCUT2D eigenvalue weighted by Gasteiger charge is -2.08. The van der Waals surface area contributed by atoms with Crippen LogP contribution in [0.3, 0.4) is 0 Å². The van der Waals surface area contributed by atoms with Crippen molar-refractivity contribution in [2.24, 2.45) is 0 Å². The predicted molar refractivity (Wildman–Crippen MR) is 89.7 cm³/mol. The molecule has 0 unspecified atom stereocenters. The van der Waals surface area contributed by atoms with Gasteiger partial charge in [-0.05, 0) is 40.2 Å². The Bertz CT molecular complexity index is 879. The normalized spacial score (nSPS) is 11.0. The van der Waals surface area contributed by atoms with Gasteiger partial charge in [0.15, 0.2) is 0 Å². The fraction of sp³-hybridized carbons (Fsp3) is 0. The molecule has 0 atom stereocenters. The summed E-state index contributed by atoms with van der Waals surface area (Å²) in [4.78, 5) is 16.8. The zero-order chi connectivity index (χ0) is 15.1. The zero-order valence-electron chi connectivity index (χ0n) is 10.2. The molecule has 0 amide bonds. The number of carboxylic acid groups (broad SMARTS) is 1. The van der Waals surface area contributed by atoms with Crippen molar-refractivity contribution in [1.82, 2.24) is 4.98 Å². The van der Waals surface area contributed by atoms with E-state index in [2.05, 4.69) is 20.9 Å². The average molecular weight is 403 g/mol. The van der Waals surface area contributed by atoms with Gasteiger partial charge in [0.1, 0.15) is 0 Å². The molecular formula is C14H6BrCl2NO2S. The second-order valence-corrected chi connectivity index (χ2v) is 7.47. The van der Waals surface area contributed by atoms with E-state index >= 15 is 0 Å². The molecule has 1 aromatic carbocycles. The second kappa shape index (κ2) is 5.57. The Morgan fingerprint density at radius 2 is 2.00 bits per heavy atom. The number of aromatic nitrogens is 1. The van der Waals surface area contributed by atoms with Crippen LogP contribution in [-0.2, 0) is 0 Å². The van der Waals surface area contributed by atoms with Gasteiger partial charge in [0.25, 0.3) is 0 Å². The third-order valence-corrected chi connectivity index (χ3v) is 5.37. The van der Waals surface area contributed by atoms with Crippen molar-refractivity contribution in [3.8, 4) is 10.6 Å². The molecule has 1 N–H and O–H groups in total. The van der Waals surface area contributed by atoms with Crippen molar-refractivity contribution in [2.75, 3.05) is 0 Å². The van der Waals surface area contributed by atoms with Gasteiger partial charge in [-0.1, -0.05) is 29.3 Å². The van der Waals surface area contributed by atoms with Gasteiger partial charge in [0.2, 0.25) is 0 Å². The van der Waals surface area contributed by atoms with Gasteiger partial charge in [-0.3, -0.25) is 0 Å². The number of nitrogens with zero attached hydrogens (tertiary/aromatic N) is 1. The van der Waals surface area contributed by atoms with Crippen LogP contribution in [0, 0.1) is 0 Å². The molecule has 0 saturated carbocycles. The van der Waals surface area contributed by atoms with Gasteiger partial charge in [0.05, 0.1) is 35.5 Å². The predicted octanol–water partition coefficient (Wildman–Crippen LogP) is 5.73. The summed E-state index contributed by atoms with van der Waals surface area (Å²) < 4.78 is 0.938. The Labute approximate surface area is 142 Å². The highest BCUT2D eigenvalue weighted by atomic mass is 79.9. The van der Waals surface area contributed by atoms with Crippen LogP contribution in [0.1, 0.15) is 10.4 Å². The maximum atomic E-state index is 11.5. The molecule has 7 heteroatoms. The van der Waals surface area contributed by atoms with Gasteiger partial charge in [-0.15, -0.1) is 11.3 Å². The van der Waals surface area contributed by atoms with Crippen LogP contribution >= 0.6 is 50.5 Å². The number of rotatable bonds is 2. The first-order valence-corrected chi connectivity index (χ1v) is 8.11.